The molecule has 0 radical (unpaired) electrons. The normalized spacial score (nSPS) is 12.9. The fourth-order valence-electron chi connectivity index (χ4n) is 1.98. The quantitative estimate of drug-likeness (QED) is 0.776. The number of benzene rings is 1. The Morgan fingerprint density at radius 1 is 1.29 bits per heavy atom. The van der Waals surface area contributed by atoms with Crippen LogP contribution in [0, 0.1) is 13.8 Å². The van der Waals surface area contributed by atoms with Crippen LogP contribution >= 0.6 is 0 Å². The van der Waals surface area contributed by atoms with Crippen LogP contribution in [0.2, 0.25) is 0 Å². The van der Waals surface area contributed by atoms with E-state index in [2.05, 4.69) is 39.0 Å². The molecule has 0 saturated heterocycles. The maximum absolute atomic E-state index is 9.30. The van der Waals surface area contributed by atoms with Crippen molar-refractivity contribution in [2.45, 2.75) is 39.5 Å². The molecule has 1 rings (SSSR count). The summed E-state index contributed by atoms with van der Waals surface area (Å²) < 4.78 is 0. The molecular weight excluding hydrogens is 172 g/mol. The first-order valence-electron chi connectivity index (χ1n) is 5.37. The van der Waals surface area contributed by atoms with Crippen molar-refractivity contribution in [1.82, 2.24) is 0 Å². The van der Waals surface area contributed by atoms with Gasteiger partial charge in [-0.1, -0.05) is 37.1 Å². The molecule has 1 heteroatoms. The first kappa shape index (κ1) is 11.3. The first-order valence-corrected chi connectivity index (χ1v) is 5.37. The Morgan fingerprint density at radius 2 is 2.00 bits per heavy atom. The summed E-state index contributed by atoms with van der Waals surface area (Å²) in [6.45, 7) is 6.65. The van der Waals surface area contributed by atoms with Crippen LogP contribution in [-0.2, 0) is 0 Å². The van der Waals surface area contributed by atoms with Gasteiger partial charge in [0.2, 0.25) is 0 Å². The monoisotopic (exact) mass is 192 g/mol. The zero-order valence-electron chi connectivity index (χ0n) is 9.38. The number of aryl methyl sites for hydroxylation is 2. The summed E-state index contributed by atoms with van der Waals surface area (Å²) in [6.07, 6.45) is 2.19. The molecule has 1 N–H and O–H groups in total. The van der Waals surface area contributed by atoms with E-state index in [4.69, 9.17) is 0 Å². The summed E-state index contributed by atoms with van der Waals surface area (Å²) in [4.78, 5) is 0. The molecule has 1 aromatic carbocycles. The number of rotatable bonds is 4. The minimum Gasteiger partial charge on any atom is -0.396 e. The number of aliphatic hydroxyl groups is 1. The molecule has 0 amide bonds. The molecule has 0 saturated carbocycles. The Bertz CT molecular complexity index is 291. The van der Waals surface area contributed by atoms with Crippen molar-refractivity contribution in [3.63, 3.8) is 0 Å². The van der Waals surface area contributed by atoms with Crippen molar-refractivity contribution < 1.29 is 5.11 Å². The molecule has 78 valence electrons. The van der Waals surface area contributed by atoms with Crippen LogP contribution in [0.5, 0.6) is 0 Å². The lowest BCUT2D eigenvalue weighted by Crippen LogP contribution is -2.05. The predicted octanol–water partition coefficient (Wildman–Crippen LogP) is 3.18. The summed E-state index contributed by atoms with van der Waals surface area (Å²) >= 11 is 0. The van der Waals surface area contributed by atoms with E-state index < -0.39 is 0 Å². The third-order valence-corrected chi connectivity index (χ3v) is 2.72. The minimum atomic E-state index is 0.262. The summed E-state index contributed by atoms with van der Waals surface area (Å²) in [6, 6.07) is 6.47. The number of hydrogen-bond acceptors (Lipinski definition) is 1. The van der Waals surface area contributed by atoms with Crippen molar-refractivity contribution in [3.05, 3.63) is 34.9 Å². The Labute approximate surface area is 86.8 Å². The van der Waals surface area contributed by atoms with Gasteiger partial charge < -0.3 is 5.11 Å². The molecule has 0 heterocycles. The Hall–Kier alpha value is -0.820. The highest BCUT2D eigenvalue weighted by molar-refractivity contribution is 5.33. The third kappa shape index (κ3) is 2.58. The van der Waals surface area contributed by atoms with Crippen LogP contribution in [0.4, 0.5) is 0 Å². The highest BCUT2D eigenvalue weighted by Crippen LogP contribution is 2.24. The lowest BCUT2D eigenvalue weighted by molar-refractivity contribution is 0.258. The van der Waals surface area contributed by atoms with Crippen LogP contribution < -0.4 is 0 Å². The fourth-order valence-corrected chi connectivity index (χ4v) is 1.98. The van der Waals surface area contributed by atoms with Crippen molar-refractivity contribution in [2.75, 3.05) is 6.61 Å². The molecular formula is C13H20O. The first-order chi connectivity index (χ1) is 6.69. The van der Waals surface area contributed by atoms with Crippen LogP contribution in [-0.4, -0.2) is 11.7 Å². The van der Waals surface area contributed by atoms with Gasteiger partial charge in [-0.25, -0.2) is 0 Å². The average molecular weight is 192 g/mol. The second kappa shape index (κ2) is 5.16. The third-order valence-electron chi connectivity index (χ3n) is 2.72. The van der Waals surface area contributed by atoms with Crippen molar-refractivity contribution >= 4 is 0 Å². The molecule has 0 aliphatic carbocycles. The van der Waals surface area contributed by atoms with E-state index >= 15 is 0 Å². The molecule has 0 aliphatic heterocycles. The Morgan fingerprint density at radius 3 is 2.50 bits per heavy atom. The van der Waals surface area contributed by atoms with E-state index in [1.807, 2.05) is 0 Å². The summed E-state index contributed by atoms with van der Waals surface area (Å²) in [5.41, 5.74) is 3.90. The van der Waals surface area contributed by atoms with E-state index in [-0.39, 0.29) is 6.61 Å². The van der Waals surface area contributed by atoms with Crippen molar-refractivity contribution in [3.8, 4) is 0 Å². The zero-order chi connectivity index (χ0) is 10.6. The zero-order valence-corrected chi connectivity index (χ0v) is 9.38. The van der Waals surface area contributed by atoms with Gasteiger partial charge in [-0.05, 0) is 31.4 Å². The molecule has 0 spiro atoms. The van der Waals surface area contributed by atoms with Gasteiger partial charge in [-0.15, -0.1) is 0 Å². The maximum atomic E-state index is 9.30. The molecule has 1 aromatic rings. The van der Waals surface area contributed by atoms with Gasteiger partial charge in [0, 0.05) is 12.5 Å². The van der Waals surface area contributed by atoms with Crippen LogP contribution in [0.1, 0.15) is 42.4 Å². The van der Waals surface area contributed by atoms with E-state index in [1.54, 1.807) is 0 Å². The largest absolute Gasteiger partial charge is 0.396 e. The highest BCUT2D eigenvalue weighted by atomic mass is 16.3. The van der Waals surface area contributed by atoms with Crippen molar-refractivity contribution in [1.29, 1.82) is 0 Å². The summed E-state index contributed by atoms with van der Waals surface area (Å²) in [5, 5.41) is 9.30. The lowest BCUT2D eigenvalue weighted by atomic mass is 9.91. The standard InChI is InChI=1S/C13H20O/c1-4-5-12(9-14)13-7-6-10(2)8-11(13)3/h6-8,12,14H,4-5,9H2,1-3H3. The van der Waals surface area contributed by atoms with E-state index in [1.165, 1.54) is 16.7 Å². The second-order valence-electron chi connectivity index (χ2n) is 4.03. The van der Waals surface area contributed by atoms with Crippen LogP contribution in [0.3, 0.4) is 0 Å². The van der Waals surface area contributed by atoms with Gasteiger partial charge in [-0.2, -0.15) is 0 Å². The van der Waals surface area contributed by atoms with Crippen LogP contribution in [0.15, 0.2) is 18.2 Å². The fraction of sp³-hybridized carbons (Fsp3) is 0.538. The van der Waals surface area contributed by atoms with Gasteiger partial charge in [0.1, 0.15) is 0 Å². The van der Waals surface area contributed by atoms with Gasteiger partial charge in [-0.3, -0.25) is 0 Å². The lowest BCUT2D eigenvalue weighted by Gasteiger charge is -2.16. The van der Waals surface area contributed by atoms with E-state index in [9.17, 15) is 5.11 Å². The molecule has 1 nitrogen and oxygen atoms in total. The molecule has 0 fully saturated rings. The molecule has 1 unspecified atom stereocenters. The second-order valence-corrected chi connectivity index (χ2v) is 4.03. The van der Waals surface area contributed by atoms with E-state index in [0.29, 0.717) is 5.92 Å². The summed E-state index contributed by atoms with van der Waals surface area (Å²) in [5.74, 6) is 0.320. The molecule has 1 atom stereocenters. The van der Waals surface area contributed by atoms with Gasteiger partial charge >= 0.3 is 0 Å². The summed E-state index contributed by atoms with van der Waals surface area (Å²) in [7, 11) is 0. The topological polar surface area (TPSA) is 20.2 Å². The number of hydrogen-bond donors (Lipinski definition) is 1. The maximum Gasteiger partial charge on any atom is 0.0499 e. The van der Waals surface area contributed by atoms with E-state index in [0.717, 1.165) is 12.8 Å². The SMILES string of the molecule is CCCC(CO)c1ccc(C)cc1C. The van der Waals surface area contributed by atoms with Gasteiger partial charge in [0.05, 0.1) is 0 Å². The molecule has 0 aromatic heterocycles. The molecule has 0 aliphatic rings. The van der Waals surface area contributed by atoms with Crippen LogP contribution in [0.25, 0.3) is 0 Å². The predicted molar refractivity (Wildman–Crippen MR) is 60.7 cm³/mol. The van der Waals surface area contributed by atoms with Gasteiger partial charge in [0.15, 0.2) is 0 Å². The van der Waals surface area contributed by atoms with Crippen molar-refractivity contribution in [2.24, 2.45) is 0 Å². The smallest absolute Gasteiger partial charge is 0.0499 e. The average Bonchev–Trinajstić information content (AvgIpc) is 2.15. The molecule has 0 bridgehead atoms. The van der Waals surface area contributed by atoms with Gasteiger partial charge in [0.25, 0.3) is 0 Å². The number of aliphatic hydroxyl groups excluding tert-OH is 1. The minimum absolute atomic E-state index is 0.262. The Balaban J connectivity index is 2.92. The molecule has 14 heavy (non-hydrogen) atoms. The highest BCUT2D eigenvalue weighted by Gasteiger charge is 2.11. The Kier molecular flexibility index (Phi) is 4.15.